The van der Waals surface area contributed by atoms with Crippen molar-refractivity contribution in [1.29, 1.82) is 0 Å². The van der Waals surface area contributed by atoms with E-state index in [4.69, 9.17) is 16.3 Å². The van der Waals surface area contributed by atoms with Gasteiger partial charge in [-0.25, -0.2) is 0 Å². The number of fused-ring (bicyclic) bond motifs is 2. The van der Waals surface area contributed by atoms with Crippen molar-refractivity contribution in [3.8, 4) is 0 Å². The molecule has 3 aliphatic rings. The summed E-state index contributed by atoms with van der Waals surface area (Å²) >= 11 is 6.45. The van der Waals surface area contributed by atoms with Gasteiger partial charge >= 0.3 is 0 Å². The summed E-state index contributed by atoms with van der Waals surface area (Å²) in [7, 11) is 0. The standard InChI is InChI=1S/C21H25ClN2O2/c22-18-6-3-7-19-20(18)17(10-24(19)15-11-26-12-15)21(25)23-9-14-8-13-4-1-2-5-16(13)14/h3,6-7,10,13-16H,1-2,4-5,8-9,11-12H2,(H,23,25)/t13-,14?,16?/m0/s1. The number of carbonyl (C=O) groups excluding carboxylic acids is 1. The summed E-state index contributed by atoms with van der Waals surface area (Å²) in [5.41, 5.74) is 1.71. The van der Waals surface area contributed by atoms with E-state index in [9.17, 15) is 4.79 Å². The van der Waals surface area contributed by atoms with Gasteiger partial charge in [-0.1, -0.05) is 36.9 Å². The number of amides is 1. The van der Waals surface area contributed by atoms with E-state index in [0.717, 1.165) is 29.3 Å². The number of ether oxygens (including phenoxy) is 1. The van der Waals surface area contributed by atoms with Crippen LogP contribution in [-0.2, 0) is 4.74 Å². The lowest BCUT2D eigenvalue weighted by atomic mass is 9.58. The highest BCUT2D eigenvalue weighted by molar-refractivity contribution is 6.36. The third-order valence-electron chi connectivity index (χ3n) is 6.77. The van der Waals surface area contributed by atoms with Gasteiger partial charge in [0.2, 0.25) is 0 Å². The molecule has 5 heteroatoms. The van der Waals surface area contributed by atoms with Crippen LogP contribution < -0.4 is 5.32 Å². The Morgan fingerprint density at radius 2 is 2.12 bits per heavy atom. The van der Waals surface area contributed by atoms with Crippen molar-refractivity contribution in [3.05, 3.63) is 35.0 Å². The molecule has 2 unspecified atom stereocenters. The average molecular weight is 373 g/mol. The highest BCUT2D eigenvalue weighted by atomic mass is 35.5. The first-order chi connectivity index (χ1) is 12.7. The molecule has 26 heavy (non-hydrogen) atoms. The highest BCUT2D eigenvalue weighted by Crippen LogP contribution is 2.48. The predicted octanol–water partition coefficient (Wildman–Crippen LogP) is 4.42. The molecular formula is C21H25ClN2O2. The number of hydrogen-bond donors (Lipinski definition) is 1. The number of hydrogen-bond acceptors (Lipinski definition) is 2. The van der Waals surface area contributed by atoms with Gasteiger partial charge in [-0.3, -0.25) is 4.79 Å². The van der Waals surface area contributed by atoms with Crippen LogP contribution in [0.25, 0.3) is 10.9 Å². The summed E-state index contributed by atoms with van der Waals surface area (Å²) < 4.78 is 7.49. The monoisotopic (exact) mass is 372 g/mol. The first-order valence-electron chi connectivity index (χ1n) is 9.87. The Morgan fingerprint density at radius 1 is 1.27 bits per heavy atom. The fourth-order valence-electron chi connectivity index (χ4n) is 5.20. The number of halogens is 1. The quantitative estimate of drug-likeness (QED) is 0.863. The minimum Gasteiger partial charge on any atom is -0.377 e. The van der Waals surface area contributed by atoms with Crippen LogP contribution in [0.3, 0.4) is 0 Å². The van der Waals surface area contributed by atoms with Gasteiger partial charge in [0.05, 0.1) is 35.4 Å². The lowest BCUT2D eigenvalue weighted by Crippen LogP contribution is -2.45. The minimum absolute atomic E-state index is 0.00125. The Bertz CT molecular complexity index is 842. The summed E-state index contributed by atoms with van der Waals surface area (Å²) in [6, 6.07) is 6.14. The summed E-state index contributed by atoms with van der Waals surface area (Å²) in [5, 5.41) is 4.70. The summed E-state index contributed by atoms with van der Waals surface area (Å²) in [6.07, 6.45) is 8.73. The lowest BCUT2D eigenvalue weighted by Gasteiger charge is -2.48. The minimum atomic E-state index is 0.00125. The second kappa shape index (κ2) is 6.58. The van der Waals surface area contributed by atoms with Crippen LogP contribution in [-0.4, -0.2) is 30.2 Å². The second-order valence-electron chi connectivity index (χ2n) is 8.19. The molecule has 1 N–H and O–H groups in total. The van der Waals surface area contributed by atoms with Gasteiger partial charge in [0.25, 0.3) is 5.91 Å². The van der Waals surface area contributed by atoms with Gasteiger partial charge in [0, 0.05) is 18.1 Å². The molecule has 138 valence electrons. The zero-order valence-electron chi connectivity index (χ0n) is 14.9. The Morgan fingerprint density at radius 3 is 2.88 bits per heavy atom. The van der Waals surface area contributed by atoms with E-state index in [1.54, 1.807) is 0 Å². The molecule has 2 aromatic rings. The van der Waals surface area contributed by atoms with E-state index in [2.05, 4.69) is 9.88 Å². The van der Waals surface area contributed by atoms with E-state index < -0.39 is 0 Å². The molecule has 0 bridgehead atoms. The smallest absolute Gasteiger partial charge is 0.253 e. The molecule has 1 aromatic heterocycles. The zero-order chi connectivity index (χ0) is 17.7. The van der Waals surface area contributed by atoms with E-state index in [1.807, 2.05) is 24.4 Å². The fraction of sp³-hybridized carbons (Fsp3) is 0.571. The molecule has 1 aliphatic heterocycles. The van der Waals surface area contributed by atoms with Crippen molar-refractivity contribution in [2.75, 3.05) is 19.8 Å². The van der Waals surface area contributed by atoms with Crippen molar-refractivity contribution in [2.45, 2.75) is 38.1 Å². The molecule has 4 nitrogen and oxygen atoms in total. The van der Waals surface area contributed by atoms with Crippen LogP contribution in [0.2, 0.25) is 5.02 Å². The molecule has 3 atom stereocenters. The van der Waals surface area contributed by atoms with Crippen molar-refractivity contribution < 1.29 is 9.53 Å². The first-order valence-corrected chi connectivity index (χ1v) is 10.2. The highest BCUT2D eigenvalue weighted by Gasteiger charge is 2.41. The van der Waals surface area contributed by atoms with Crippen LogP contribution in [0.1, 0.15) is 48.5 Å². The summed E-state index contributed by atoms with van der Waals surface area (Å²) in [4.78, 5) is 12.9. The van der Waals surface area contributed by atoms with E-state index in [-0.39, 0.29) is 5.91 Å². The predicted molar refractivity (Wildman–Crippen MR) is 103 cm³/mol. The normalized spacial score (nSPS) is 28.3. The van der Waals surface area contributed by atoms with Crippen LogP contribution >= 0.6 is 11.6 Å². The Balaban J connectivity index is 1.35. The molecule has 2 saturated carbocycles. The molecular weight excluding hydrogens is 348 g/mol. The van der Waals surface area contributed by atoms with Crippen LogP contribution in [0.4, 0.5) is 0 Å². The van der Waals surface area contributed by atoms with Crippen LogP contribution in [0.15, 0.2) is 24.4 Å². The van der Waals surface area contributed by atoms with Crippen molar-refractivity contribution in [1.82, 2.24) is 9.88 Å². The van der Waals surface area contributed by atoms with Gasteiger partial charge in [-0.05, 0) is 42.7 Å². The molecule has 2 heterocycles. The van der Waals surface area contributed by atoms with Crippen LogP contribution in [0.5, 0.6) is 0 Å². The zero-order valence-corrected chi connectivity index (χ0v) is 15.7. The van der Waals surface area contributed by atoms with Crippen LogP contribution in [0, 0.1) is 17.8 Å². The Hall–Kier alpha value is -1.52. The number of nitrogens with zero attached hydrogens (tertiary/aromatic N) is 1. The maximum Gasteiger partial charge on any atom is 0.253 e. The number of carbonyl (C=O) groups is 1. The third-order valence-corrected chi connectivity index (χ3v) is 7.08. The van der Waals surface area contributed by atoms with E-state index in [0.29, 0.717) is 35.8 Å². The Kier molecular flexibility index (Phi) is 4.21. The molecule has 1 aromatic carbocycles. The lowest BCUT2D eigenvalue weighted by molar-refractivity contribution is -0.0214. The average Bonchev–Trinajstić information content (AvgIpc) is 2.95. The number of rotatable bonds is 4. The number of aromatic nitrogens is 1. The van der Waals surface area contributed by atoms with Crippen molar-refractivity contribution >= 4 is 28.4 Å². The fourth-order valence-corrected chi connectivity index (χ4v) is 5.47. The molecule has 5 rings (SSSR count). The molecule has 2 aliphatic carbocycles. The van der Waals surface area contributed by atoms with Crippen molar-refractivity contribution in [2.24, 2.45) is 17.8 Å². The topological polar surface area (TPSA) is 43.3 Å². The van der Waals surface area contributed by atoms with E-state index in [1.165, 1.54) is 32.1 Å². The second-order valence-corrected chi connectivity index (χ2v) is 8.60. The third kappa shape index (κ3) is 2.66. The van der Waals surface area contributed by atoms with E-state index >= 15 is 0 Å². The van der Waals surface area contributed by atoms with Crippen molar-refractivity contribution in [3.63, 3.8) is 0 Å². The summed E-state index contributed by atoms with van der Waals surface area (Å²) in [5.74, 6) is 2.41. The molecule has 3 fully saturated rings. The molecule has 0 spiro atoms. The maximum absolute atomic E-state index is 12.9. The SMILES string of the molecule is O=C(NCC1C[C@@H]2CCCCC12)c1cn(C2COC2)c2cccc(Cl)c12. The number of benzene rings is 1. The molecule has 1 amide bonds. The number of nitrogens with one attached hydrogen (secondary N) is 1. The van der Waals surface area contributed by atoms with Gasteiger partial charge in [-0.15, -0.1) is 0 Å². The molecule has 0 radical (unpaired) electrons. The summed E-state index contributed by atoms with van der Waals surface area (Å²) in [6.45, 7) is 2.19. The van der Waals surface area contributed by atoms with Gasteiger partial charge in [0.15, 0.2) is 0 Å². The first kappa shape index (κ1) is 16.6. The van der Waals surface area contributed by atoms with Gasteiger partial charge in [0.1, 0.15) is 0 Å². The molecule has 1 saturated heterocycles. The van der Waals surface area contributed by atoms with Gasteiger partial charge < -0.3 is 14.6 Å². The Labute approximate surface area is 158 Å². The maximum atomic E-state index is 12.9. The largest absolute Gasteiger partial charge is 0.377 e. The van der Waals surface area contributed by atoms with Gasteiger partial charge in [-0.2, -0.15) is 0 Å².